The van der Waals surface area contributed by atoms with Crippen LogP contribution in [0.1, 0.15) is 30.2 Å². The van der Waals surface area contributed by atoms with E-state index in [9.17, 15) is 4.79 Å². The molecule has 4 rings (SSSR count). The Hall–Kier alpha value is -2.61. The Morgan fingerprint density at radius 3 is 2.96 bits per heavy atom. The Morgan fingerprint density at radius 1 is 1.28 bits per heavy atom. The van der Waals surface area contributed by atoms with Crippen molar-refractivity contribution in [2.24, 2.45) is 0 Å². The Kier molecular flexibility index (Phi) is 4.04. The Morgan fingerprint density at radius 2 is 2.12 bits per heavy atom. The molecule has 0 fully saturated rings. The summed E-state index contributed by atoms with van der Waals surface area (Å²) in [5.74, 6) is 3.08. The minimum absolute atomic E-state index is 0.0638. The van der Waals surface area contributed by atoms with Gasteiger partial charge in [0.15, 0.2) is 23.1 Å². The topological polar surface area (TPSA) is 78.7 Å². The van der Waals surface area contributed by atoms with Crippen molar-refractivity contribution in [1.82, 2.24) is 19.7 Å². The highest BCUT2D eigenvalue weighted by Crippen LogP contribution is 2.33. The fourth-order valence-corrected chi connectivity index (χ4v) is 3.35. The predicted molar refractivity (Wildman–Crippen MR) is 87.1 cm³/mol. The van der Waals surface area contributed by atoms with Crippen LogP contribution in [0.4, 0.5) is 0 Å². The van der Waals surface area contributed by atoms with E-state index in [1.807, 2.05) is 34.6 Å². The van der Waals surface area contributed by atoms with Crippen molar-refractivity contribution in [2.45, 2.75) is 32.5 Å². The number of nitrogens with zero attached hydrogens (tertiary/aromatic N) is 4. The van der Waals surface area contributed by atoms with Crippen LogP contribution in [0.5, 0.6) is 11.5 Å². The summed E-state index contributed by atoms with van der Waals surface area (Å²) >= 11 is 0. The van der Waals surface area contributed by atoms with Crippen LogP contribution < -0.4 is 9.47 Å². The van der Waals surface area contributed by atoms with E-state index < -0.39 is 0 Å². The molecule has 2 aliphatic heterocycles. The molecule has 132 valence electrons. The highest BCUT2D eigenvalue weighted by molar-refractivity contribution is 5.79. The molecule has 0 aliphatic carbocycles. The van der Waals surface area contributed by atoms with Crippen molar-refractivity contribution in [3.63, 3.8) is 0 Å². The molecule has 0 saturated heterocycles. The smallest absolute Gasteiger partial charge is 0.231 e. The second-order valence-corrected chi connectivity index (χ2v) is 6.19. The summed E-state index contributed by atoms with van der Waals surface area (Å²) in [6.45, 7) is 3.94. The van der Waals surface area contributed by atoms with Crippen molar-refractivity contribution in [3.8, 4) is 11.5 Å². The normalized spacial score (nSPS) is 18.3. The number of amides is 1. The number of carbonyl (C=O) groups excluding carboxylic acids is 1. The third-order valence-electron chi connectivity index (χ3n) is 4.65. The van der Waals surface area contributed by atoms with Crippen LogP contribution >= 0.6 is 0 Å². The average molecular weight is 344 g/mol. The molecule has 0 bridgehead atoms. The van der Waals surface area contributed by atoms with Gasteiger partial charge in [-0.15, -0.1) is 10.2 Å². The van der Waals surface area contributed by atoms with Gasteiger partial charge in [-0.3, -0.25) is 4.79 Å². The molecule has 0 saturated carbocycles. The zero-order valence-corrected chi connectivity index (χ0v) is 14.3. The fraction of sp³-hybridized carbons (Fsp3) is 0.471. The van der Waals surface area contributed by atoms with Crippen LogP contribution in [0.15, 0.2) is 18.2 Å². The SMILES string of the molecule is COCc1nnc2n1CCN(C(=O)Cc1ccc3c(c1)OCO3)C2C. The van der Waals surface area contributed by atoms with Gasteiger partial charge in [0.05, 0.1) is 12.5 Å². The number of aromatic nitrogens is 3. The van der Waals surface area contributed by atoms with E-state index in [1.54, 1.807) is 7.11 Å². The lowest BCUT2D eigenvalue weighted by atomic mass is 10.1. The van der Waals surface area contributed by atoms with E-state index in [1.165, 1.54) is 0 Å². The number of carbonyl (C=O) groups is 1. The zero-order chi connectivity index (χ0) is 17.4. The number of methoxy groups -OCH3 is 1. The van der Waals surface area contributed by atoms with Crippen molar-refractivity contribution < 1.29 is 19.0 Å². The molecule has 25 heavy (non-hydrogen) atoms. The van der Waals surface area contributed by atoms with Gasteiger partial charge in [0.1, 0.15) is 6.61 Å². The lowest BCUT2D eigenvalue weighted by Crippen LogP contribution is -2.42. The lowest BCUT2D eigenvalue weighted by Gasteiger charge is -2.33. The van der Waals surface area contributed by atoms with Gasteiger partial charge in [-0.2, -0.15) is 0 Å². The summed E-state index contributed by atoms with van der Waals surface area (Å²) in [4.78, 5) is 14.6. The van der Waals surface area contributed by atoms with E-state index in [0.717, 1.165) is 23.0 Å². The minimum Gasteiger partial charge on any atom is -0.454 e. The zero-order valence-electron chi connectivity index (χ0n) is 14.3. The van der Waals surface area contributed by atoms with E-state index in [-0.39, 0.29) is 18.7 Å². The molecule has 1 unspecified atom stereocenters. The van der Waals surface area contributed by atoms with E-state index in [4.69, 9.17) is 14.2 Å². The van der Waals surface area contributed by atoms with Gasteiger partial charge in [0.2, 0.25) is 12.7 Å². The molecule has 1 amide bonds. The molecule has 2 aromatic rings. The van der Waals surface area contributed by atoms with Gasteiger partial charge in [0, 0.05) is 20.2 Å². The largest absolute Gasteiger partial charge is 0.454 e. The third kappa shape index (κ3) is 2.82. The van der Waals surface area contributed by atoms with Crippen LogP contribution in [0, 0.1) is 0 Å². The summed E-state index contributed by atoms with van der Waals surface area (Å²) in [6.07, 6.45) is 0.319. The van der Waals surface area contributed by atoms with E-state index >= 15 is 0 Å². The van der Waals surface area contributed by atoms with Gasteiger partial charge in [-0.25, -0.2) is 0 Å². The standard InChI is InChI=1S/C17H20N4O4/c1-11-17-19-18-15(9-23-2)21(17)6-5-20(11)16(22)8-12-3-4-13-14(7-12)25-10-24-13/h3-4,7,11H,5-6,8-10H2,1-2H3. The van der Waals surface area contributed by atoms with Gasteiger partial charge >= 0.3 is 0 Å². The molecular formula is C17H20N4O4. The quantitative estimate of drug-likeness (QED) is 0.832. The molecule has 8 nitrogen and oxygen atoms in total. The highest BCUT2D eigenvalue weighted by atomic mass is 16.7. The average Bonchev–Trinajstić information content (AvgIpc) is 3.22. The number of ether oxygens (including phenoxy) is 3. The van der Waals surface area contributed by atoms with Crippen LogP contribution in [-0.4, -0.2) is 46.0 Å². The monoisotopic (exact) mass is 344 g/mol. The maximum atomic E-state index is 12.8. The van der Waals surface area contributed by atoms with Crippen molar-refractivity contribution >= 4 is 5.91 Å². The first kappa shape index (κ1) is 15.9. The molecule has 0 N–H and O–H groups in total. The number of hydrogen-bond donors (Lipinski definition) is 0. The van der Waals surface area contributed by atoms with E-state index in [2.05, 4.69) is 10.2 Å². The molecule has 3 heterocycles. The molecule has 1 aromatic heterocycles. The number of fused-ring (bicyclic) bond motifs is 2. The fourth-order valence-electron chi connectivity index (χ4n) is 3.35. The van der Waals surface area contributed by atoms with Gasteiger partial charge in [-0.05, 0) is 24.6 Å². The van der Waals surface area contributed by atoms with Gasteiger partial charge in [-0.1, -0.05) is 6.07 Å². The molecule has 1 atom stereocenters. The van der Waals surface area contributed by atoms with Gasteiger partial charge < -0.3 is 23.7 Å². The first-order chi connectivity index (χ1) is 12.2. The Balaban J connectivity index is 1.49. The minimum atomic E-state index is -0.117. The van der Waals surface area contributed by atoms with Crippen molar-refractivity contribution in [3.05, 3.63) is 35.4 Å². The molecular weight excluding hydrogens is 324 g/mol. The number of benzene rings is 1. The molecule has 2 aliphatic rings. The third-order valence-corrected chi connectivity index (χ3v) is 4.65. The summed E-state index contributed by atoms with van der Waals surface area (Å²) in [7, 11) is 1.63. The summed E-state index contributed by atoms with van der Waals surface area (Å²) in [6, 6.07) is 5.50. The maximum absolute atomic E-state index is 12.8. The second-order valence-electron chi connectivity index (χ2n) is 6.19. The maximum Gasteiger partial charge on any atom is 0.231 e. The van der Waals surface area contributed by atoms with Crippen LogP contribution in [0.3, 0.4) is 0 Å². The Bertz CT molecular complexity index is 804. The number of hydrogen-bond acceptors (Lipinski definition) is 6. The highest BCUT2D eigenvalue weighted by Gasteiger charge is 2.31. The predicted octanol–water partition coefficient (Wildman–Crippen LogP) is 1.30. The second kappa shape index (κ2) is 6.36. The first-order valence-corrected chi connectivity index (χ1v) is 8.26. The summed E-state index contributed by atoms with van der Waals surface area (Å²) < 4.78 is 17.9. The molecule has 0 spiro atoms. The molecule has 0 radical (unpaired) electrons. The molecule has 8 heteroatoms. The van der Waals surface area contributed by atoms with Crippen molar-refractivity contribution in [2.75, 3.05) is 20.4 Å². The molecule has 1 aromatic carbocycles. The first-order valence-electron chi connectivity index (χ1n) is 8.26. The van der Waals surface area contributed by atoms with E-state index in [0.29, 0.717) is 31.9 Å². The summed E-state index contributed by atoms with van der Waals surface area (Å²) in [5.41, 5.74) is 0.911. The van der Waals surface area contributed by atoms with Crippen LogP contribution in [-0.2, 0) is 29.1 Å². The van der Waals surface area contributed by atoms with Crippen LogP contribution in [0.2, 0.25) is 0 Å². The van der Waals surface area contributed by atoms with Crippen LogP contribution in [0.25, 0.3) is 0 Å². The summed E-state index contributed by atoms with van der Waals surface area (Å²) in [5, 5.41) is 8.42. The lowest BCUT2D eigenvalue weighted by molar-refractivity contribution is -0.133. The van der Waals surface area contributed by atoms with Crippen molar-refractivity contribution in [1.29, 1.82) is 0 Å². The Labute approximate surface area is 145 Å². The number of rotatable bonds is 4. The van der Waals surface area contributed by atoms with Gasteiger partial charge in [0.25, 0.3) is 0 Å².